The van der Waals surface area contributed by atoms with Crippen molar-refractivity contribution < 1.29 is 8.78 Å². The molecular formula is C13H24F2N2. The minimum atomic E-state index is -2.40. The van der Waals surface area contributed by atoms with Crippen LogP contribution in [0.15, 0.2) is 0 Å². The monoisotopic (exact) mass is 246 g/mol. The molecule has 0 radical (unpaired) electrons. The average molecular weight is 246 g/mol. The molecule has 0 aromatic rings. The third-order valence-corrected chi connectivity index (χ3v) is 4.24. The van der Waals surface area contributed by atoms with Crippen molar-refractivity contribution in [1.29, 1.82) is 0 Å². The molecule has 0 amide bonds. The first kappa shape index (κ1) is 13.2. The quantitative estimate of drug-likeness (QED) is 0.780. The summed E-state index contributed by atoms with van der Waals surface area (Å²) in [6.07, 6.45) is 5.65. The molecule has 100 valence electrons. The predicted octanol–water partition coefficient (Wildman–Crippen LogP) is 2.63. The zero-order valence-electron chi connectivity index (χ0n) is 10.5. The van der Waals surface area contributed by atoms with E-state index < -0.39 is 5.92 Å². The van der Waals surface area contributed by atoms with E-state index in [4.69, 9.17) is 5.73 Å². The fourth-order valence-electron chi connectivity index (χ4n) is 3.00. The summed E-state index contributed by atoms with van der Waals surface area (Å²) >= 11 is 0. The molecule has 0 saturated heterocycles. The fraction of sp³-hybridized carbons (Fsp3) is 1.00. The highest BCUT2D eigenvalue weighted by Gasteiger charge is 2.40. The lowest BCUT2D eigenvalue weighted by molar-refractivity contribution is 0.00149. The van der Waals surface area contributed by atoms with Crippen molar-refractivity contribution in [3.8, 4) is 0 Å². The first-order valence-corrected chi connectivity index (χ1v) is 6.93. The van der Waals surface area contributed by atoms with E-state index in [0.29, 0.717) is 19.0 Å². The Labute approximate surface area is 103 Å². The lowest BCUT2D eigenvalue weighted by atomic mass is 9.90. The van der Waals surface area contributed by atoms with Crippen LogP contribution in [-0.4, -0.2) is 36.5 Å². The molecule has 0 heterocycles. The summed E-state index contributed by atoms with van der Waals surface area (Å²) in [6.45, 7) is 2.55. The van der Waals surface area contributed by atoms with Gasteiger partial charge < -0.3 is 10.6 Å². The smallest absolute Gasteiger partial charge is 0.248 e. The van der Waals surface area contributed by atoms with Gasteiger partial charge in [0.25, 0.3) is 0 Å². The van der Waals surface area contributed by atoms with Crippen molar-refractivity contribution in [2.75, 3.05) is 19.6 Å². The maximum absolute atomic E-state index is 13.2. The summed E-state index contributed by atoms with van der Waals surface area (Å²) < 4.78 is 26.3. The molecule has 2 nitrogen and oxygen atoms in total. The van der Waals surface area contributed by atoms with E-state index in [1.807, 2.05) is 0 Å². The number of rotatable bonds is 6. The molecular weight excluding hydrogens is 222 g/mol. The van der Waals surface area contributed by atoms with Crippen LogP contribution in [0.1, 0.15) is 44.9 Å². The molecule has 2 aliphatic rings. The topological polar surface area (TPSA) is 29.3 Å². The first-order valence-electron chi connectivity index (χ1n) is 6.93. The zero-order chi connectivity index (χ0) is 12.3. The summed E-state index contributed by atoms with van der Waals surface area (Å²) in [6, 6.07) is 0.649. The Bertz CT molecular complexity index is 242. The van der Waals surface area contributed by atoms with Gasteiger partial charge in [-0.05, 0) is 44.7 Å². The van der Waals surface area contributed by atoms with Crippen LogP contribution in [0.2, 0.25) is 0 Å². The molecule has 4 heteroatoms. The van der Waals surface area contributed by atoms with Crippen LogP contribution in [-0.2, 0) is 0 Å². The van der Waals surface area contributed by atoms with Crippen molar-refractivity contribution in [3.63, 3.8) is 0 Å². The zero-order valence-corrected chi connectivity index (χ0v) is 10.5. The second-order valence-corrected chi connectivity index (χ2v) is 5.69. The fourth-order valence-corrected chi connectivity index (χ4v) is 3.00. The number of nitrogens with two attached hydrogens (primary N) is 1. The molecule has 2 rings (SSSR count). The van der Waals surface area contributed by atoms with Gasteiger partial charge >= 0.3 is 0 Å². The predicted molar refractivity (Wildman–Crippen MR) is 65.2 cm³/mol. The maximum atomic E-state index is 13.2. The lowest BCUT2D eigenvalue weighted by Crippen LogP contribution is -2.43. The van der Waals surface area contributed by atoms with Gasteiger partial charge in [-0.25, -0.2) is 8.78 Å². The Morgan fingerprint density at radius 2 is 2.00 bits per heavy atom. The number of alkyl halides is 2. The highest BCUT2D eigenvalue weighted by atomic mass is 19.3. The second kappa shape index (κ2) is 5.61. The molecule has 17 heavy (non-hydrogen) atoms. The molecule has 0 spiro atoms. The minimum Gasteiger partial charge on any atom is -0.330 e. The van der Waals surface area contributed by atoms with E-state index >= 15 is 0 Å². The van der Waals surface area contributed by atoms with Gasteiger partial charge in [0, 0.05) is 25.4 Å². The number of hydrogen-bond acceptors (Lipinski definition) is 2. The first-order chi connectivity index (χ1) is 8.11. The summed E-state index contributed by atoms with van der Waals surface area (Å²) in [5.41, 5.74) is 5.54. The number of hydrogen-bond donors (Lipinski definition) is 1. The molecule has 0 aromatic carbocycles. The average Bonchev–Trinajstić information content (AvgIpc) is 2.52. The Morgan fingerprint density at radius 3 is 2.47 bits per heavy atom. The van der Waals surface area contributed by atoms with E-state index in [1.165, 1.54) is 19.3 Å². The SMILES string of the molecule is NCCCN(CC1CCC(F)(F)C1)C1CCC1. The lowest BCUT2D eigenvalue weighted by Gasteiger charge is -2.39. The summed E-state index contributed by atoms with van der Waals surface area (Å²) in [7, 11) is 0. The van der Waals surface area contributed by atoms with E-state index in [-0.39, 0.29) is 18.8 Å². The standard InChI is InChI=1S/C13H24F2N2/c14-13(15)6-5-11(9-13)10-17(8-2-7-16)12-3-1-4-12/h11-12H,1-10,16H2. The van der Waals surface area contributed by atoms with Gasteiger partial charge in [-0.15, -0.1) is 0 Å². The third kappa shape index (κ3) is 3.62. The molecule has 0 aliphatic heterocycles. The molecule has 2 saturated carbocycles. The molecule has 2 aliphatic carbocycles. The van der Waals surface area contributed by atoms with Crippen LogP contribution in [0.4, 0.5) is 8.78 Å². The summed E-state index contributed by atoms with van der Waals surface area (Å²) in [4.78, 5) is 2.42. The Kier molecular flexibility index (Phi) is 4.36. The minimum absolute atomic E-state index is 0.0903. The molecule has 1 unspecified atom stereocenters. The highest BCUT2D eigenvalue weighted by molar-refractivity contribution is 4.87. The van der Waals surface area contributed by atoms with Gasteiger partial charge in [0.15, 0.2) is 0 Å². The molecule has 0 bridgehead atoms. The van der Waals surface area contributed by atoms with Crippen LogP contribution >= 0.6 is 0 Å². The number of halogens is 2. The van der Waals surface area contributed by atoms with E-state index in [2.05, 4.69) is 4.90 Å². The second-order valence-electron chi connectivity index (χ2n) is 5.69. The molecule has 0 aromatic heterocycles. The number of nitrogens with zero attached hydrogens (tertiary/aromatic N) is 1. The van der Waals surface area contributed by atoms with Gasteiger partial charge in [-0.1, -0.05) is 6.42 Å². The summed E-state index contributed by atoms with van der Waals surface area (Å²) in [5.74, 6) is -2.20. The normalized spacial score (nSPS) is 28.6. The van der Waals surface area contributed by atoms with Crippen molar-refractivity contribution in [3.05, 3.63) is 0 Å². The molecule has 1 atom stereocenters. The highest BCUT2D eigenvalue weighted by Crippen LogP contribution is 2.40. The Morgan fingerprint density at radius 1 is 1.24 bits per heavy atom. The van der Waals surface area contributed by atoms with E-state index in [9.17, 15) is 8.78 Å². The van der Waals surface area contributed by atoms with Crippen molar-refractivity contribution in [1.82, 2.24) is 4.90 Å². The van der Waals surface area contributed by atoms with Crippen molar-refractivity contribution >= 4 is 0 Å². The largest absolute Gasteiger partial charge is 0.330 e. The van der Waals surface area contributed by atoms with E-state index in [1.54, 1.807) is 0 Å². The van der Waals surface area contributed by atoms with Gasteiger partial charge in [0.1, 0.15) is 0 Å². The Balaban J connectivity index is 1.80. The van der Waals surface area contributed by atoms with Crippen LogP contribution in [0.3, 0.4) is 0 Å². The summed E-state index contributed by atoms with van der Waals surface area (Å²) in [5, 5.41) is 0. The van der Waals surface area contributed by atoms with Gasteiger partial charge in [0.05, 0.1) is 0 Å². The van der Waals surface area contributed by atoms with Gasteiger partial charge in [0.2, 0.25) is 5.92 Å². The molecule has 2 fully saturated rings. The van der Waals surface area contributed by atoms with Crippen LogP contribution < -0.4 is 5.73 Å². The van der Waals surface area contributed by atoms with Gasteiger partial charge in [-0.2, -0.15) is 0 Å². The van der Waals surface area contributed by atoms with Gasteiger partial charge in [-0.3, -0.25) is 0 Å². The molecule has 2 N–H and O–H groups in total. The van der Waals surface area contributed by atoms with Crippen molar-refractivity contribution in [2.45, 2.75) is 56.9 Å². The van der Waals surface area contributed by atoms with Crippen LogP contribution in [0, 0.1) is 5.92 Å². The van der Waals surface area contributed by atoms with Crippen LogP contribution in [0.5, 0.6) is 0 Å². The van der Waals surface area contributed by atoms with E-state index in [0.717, 1.165) is 19.5 Å². The Hall–Kier alpha value is -0.220. The maximum Gasteiger partial charge on any atom is 0.248 e. The van der Waals surface area contributed by atoms with Crippen LogP contribution in [0.25, 0.3) is 0 Å². The third-order valence-electron chi connectivity index (χ3n) is 4.24. The van der Waals surface area contributed by atoms with Crippen molar-refractivity contribution in [2.24, 2.45) is 11.7 Å².